The van der Waals surface area contributed by atoms with Gasteiger partial charge in [0, 0.05) is 39.0 Å². The lowest BCUT2D eigenvalue weighted by Gasteiger charge is -2.07. The number of nitrogens with one attached hydrogen (secondary N) is 1. The molecule has 1 N–H and O–H groups in total. The molecule has 0 radical (unpaired) electrons. The van der Waals surface area contributed by atoms with Crippen LogP contribution in [0.25, 0.3) is 0 Å². The van der Waals surface area contributed by atoms with Crippen molar-refractivity contribution >= 4 is 0 Å². The second-order valence-electron chi connectivity index (χ2n) is 4.24. The van der Waals surface area contributed by atoms with Gasteiger partial charge in [0.15, 0.2) is 0 Å². The lowest BCUT2D eigenvalue weighted by Crippen LogP contribution is -2.20. The summed E-state index contributed by atoms with van der Waals surface area (Å²) in [7, 11) is 1.73. The molecule has 1 rings (SSSR count). The van der Waals surface area contributed by atoms with Gasteiger partial charge in [-0.05, 0) is 25.8 Å². The Balaban J connectivity index is 2.07. The summed E-state index contributed by atoms with van der Waals surface area (Å²) < 4.78 is 7.25. The van der Waals surface area contributed by atoms with Gasteiger partial charge in [0.05, 0.1) is 6.61 Å². The molecule has 0 saturated heterocycles. The van der Waals surface area contributed by atoms with E-state index >= 15 is 0 Å². The van der Waals surface area contributed by atoms with Gasteiger partial charge in [0.1, 0.15) is 5.82 Å². The Morgan fingerprint density at radius 2 is 2.24 bits per heavy atom. The minimum atomic E-state index is 0.794. The van der Waals surface area contributed by atoms with Gasteiger partial charge in [-0.3, -0.25) is 0 Å². The molecule has 0 atom stereocenters. The van der Waals surface area contributed by atoms with E-state index in [1.807, 2.05) is 6.20 Å². The van der Waals surface area contributed by atoms with E-state index in [1.54, 1.807) is 7.11 Å². The molecule has 1 aromatic heterocycles. The van der Waals surface area contributed by atoms with Crippen molar-refractivity contribution in [3.05, 3.63) is 18.2 Å². The molecule has 0 unspecified atom stereocenters. The number of nitrogens with zero attached hydrogens (tertiary/aromatic N) is 2. The number of unbranched alkanes of at least 4 members (excludes halogenated alkanes) is 1. The third-order valence-corrected chi connectivity index (χ3v) is 2.76. The molecule has 0 spiro atoms. The van der Waals surface area contributed by atoms with Gasteiger partial charge in [0.2, 0.25) is 0 Å². The normalized spacial score (nSPS) is 10.9. The van der Waals surface area contributed by atoms with Crippen LogP contribution in [0.5, 0.6) is 0 Å². The molecular formula is C13H25N3O. The van der Waals surface area contributed by atoms with Gasteiger partial charge in [-0.2, -0.15) is 0 Å². The second kappa shape index (κ2) is 9.19. The van der Waals surface area contributed by atoms with E-state index in [0.29, 0.717) is 0 Å². The predicted molar refractivity (Wildman–Crippen MR) is 70.2 cm³/mol. The highest BCUT2D eigenvalue weighted by Crippen LogP contribution is 2.03. The van der Waals surface area contributed by atoms with Crippen LogP contribution >= 0.6 is 0 Å². The summed E-state index contributed by atoms with van der Waals surface area (Å²) in [4.78, 5) is 4.38. The third kappa shape index (κ3) is 5.84. The average Bonchev–Trinajstić information content (AvgIpc) is 2.76. The van der Waals surface area contributed by atoms with Crippen LogP contribution in [0.1, 0.15) is 32.0 Å². The van der Waals surface area contributed by atoms with E-state index in [9.17, 15) is 0 Å². The van der Waals surface area contributed by atoms with E-state index in [2.05, 4.69) is 28.0 Å². The van der Waals surface area contributed by atoms with Gasteiger partial charge >= 0.3 is 0 Å². The molecule has 1 aromatic rings. The van der Waals surface area contributed by atoms with Gasteiger partial charge in [-0.25, -0.2) is 4.98 Å². The summed E-state index contributed by atoms with van der Waals surface area (Å²) in [6, 6.07) is 0. The first kappa shape index (κ1) is 14.2. The molecular weight excluding hydrogens is 214 g/mol. The highest BCUT2D eigenvalue weighted by molar-refractivity contribution is 4.92. The molecule has 1 heterocycles. The maximum Gasteiger partial charge on any atom is 0.108 e. The number of aromatic nitrogens is 2. The molecule has 0 amide bonds. The minimum absolute atomic E-state index is 0.794. The third-order valence-electron chi connectivity index (χ3n) is 2.76. The molecule has 0 bridgehead atoms. The SMILES string of the molecule is CCCc1nccn1CCCCNCCOC. The molecule has 0 aliphatic heterocycles. The van der Waals surface area contributed by atoms with Crippen molar-refractivity contribution < 1.29 is 4.74 Å². The molecule has 0 aliphatic carbocycles. The number of imidazole rings is 1. The van der Waals surface area contributed by atoms with E-state index in [1.165, 1.54) is 18.7 Å². The van der Waals surface area contributed by atoms with Crippen LogP contribution in [-0.4, -0.2) is 36.4 Å². The summed E-state index contributed by atoms with van der Waals surface area (Å²) in [6.45, 7) is 6.09. The Bertz CT molecular complexity index is 286. The number of hydrogen-bond acceptors (Lipinski definition) is 3. The Morgan fingerprint density at radius 3 is 3.00 bits per heavy atom. The fraction of sp³-hybridized carbons (Fsp3) is 0.769. The van der Waals surface area contributed by atoms with E-state index in [-0.39, 0.29) is 0 Å². The van der Waals surface area contributed by atoms with E-state index in [4.69, 9.17) is 4.74 Å². The number of rotatable bonds is 10. The Morgan fingerprint density at radius 1 is 1.35 bits per heavy atom. The number of hydrogen-bond donors (Lipinski definition) is 1. The van der Waals surface area contributed by atoms with Gasteiger partial charge in [0.25, 0.3) is 0 Å². The lowest BCUT2D eigenvalue weighted by molar-refractivity contribution is 0.199. The molecule has 17 heavy (non-hydrogen) atoms. The van der Waals surface area contributed by atoms with Gasteiger partial charge in [-0.1, -0.05) is 6.92 Å². The highest BCUT2D eigenvalue weighted by atomic mass is 16.5. The molecule has 98 valence electrons. The molecule has 0 saturated carbocycles. The summed E-state index contributed by atoms with van der Waals surface area (Å²) in [5, 5.41) is 3.36. The first-order chi connectivity index (χ1) is 8.38. The van der Waals surface area contributed by atoms with Crippen LogP contribution in [0.15, 0.2) is 12.4 Å². The number of methoxy groups -OCH3 is 1. The fourth-order valence-corrected chi connectivity index (χ4v) is 1.83. The smallest absolute Gasteiger partial charge is 0.108 e. The molecule has 4 nitrogen and oxygen atoms in total. The maximum absolute atomic E-state index is 4.98. The average molecular weight is 239 g/mol. The van der Waals surface area contributed by atoms with Crippen LogP contribution in [0.4, 0.5) is 0 Å². The van der Waals surface area contributed by atoms with Crippen molar-refractivity contribution in [2.45, 2.75) is 39.2 Å². The summed E-state index contributed by atoms with van der Waals surface area (Å²) >= 11 is 0. The van der Waals surface area contributed by atoms with Gasteiger partial charge < -0.3 is 14.6 Å². The molecule has 0 aromatic carbocycles. The van der Waals surface area contributed by atoms with Crippen molar-refractivity contribution in [3.8, 4) is 0 Å². The first-order valence-electron chi connectivity index (χ1n) is 6.58. The van der Waals surface area contributed by atoms with Crippen LogP contribution < -0.4 is 5.32 Å². The van der Waals surface area contributed by atoms with Crippen molar-refractivity contribution in [3.63, 3.8) is 0 Å². The van der Waals surface area contributed by atoms with Crippen molar-refractivity contribution in [2.24, 2.45) is 0 Å². The Hall–Kier alpha value is -0.870. The predicted octanol–water partition coefficient (Wildman–Crippen LogP) is 1.85. The van der Waals surface area contributed by atoms with E-state index < -0.39 is 0 Å². The second-order valence-corrected chi connectivity index (χ2v) is 4.24. The molecule has 0 fully saturated rings. The number of aryl methyl sites for hydroxylation is 2. The summed E-state index contributed by atoms with van der Waals surface area (Å²) in [5.74, 6) is 1.22. The zero-order valence-corrected chi connectivity index (χ0v) is 11.1. The first-order valence-corrected chi connectivity index (χ1v) is 6.58. The summed E-state index contributed by atoms with van der Waals surface area (Å²) in [5.41, 5.74) is 0. The van der Waals surface area contributed by atoms with Crippen LogP contribution in [0, 0.1) is 0 Å². The van der Waals surface area contributed by atoms with Crippen LogP contribution in [0.2, 0.25) is 0 Å². The zero-order valence-electron chi connectivity index (χ0n) is 11.1. The highest BCUT2D eigenvalue weighted by Gasteiger charge is 2.00. The van der Waals surface area contributed by atoms with Crippen molar-refractivity contribution in [2.75, 3.05) is 26.8 Å². The standard InChI is InChI=1S/C13H25N3O/c1-3-6-13-15-8-11-16(13)10-5-4-7-14-9-12-17-2/h8,11,14H,3-7,9-10,12H2,1-2H3. The zero-order chi connectivity index (χ0) is 12.3. The minimum Gasteiger partial charge on any atom is -0.383 e. The van der Waals surface area contributed by atoms with Crippen LogP contribution in [-0.2, 0) is 17.7 Å². The quantitative estimate of drug-likeness (QED) is 0.633. The molecule has 0 aliphatic rings. The Labute approximate surface area is 104 Å². The maximum atomic E-state index is 4.98. The fourth-order valence-electron chi connectivity index (χ4n) is 1.83. The number of ether oxygens (including phenoxy) is 1. The lowest BCUT2D eigenvalue weighted by atomic mass is 10.3. The van der Waals surface area contributed by atoms with Gasteiger partial charge in [-0.15, -0.1) is 0 Å². The monoisotopic (exact) mass is 239 g/mol. The van der Waals surface area contributed by atoms with Crippen molar-refractivity contribution in [1.82, 2.24) is 14.9 Å². The van der Waals surface area contributed by atoms with Crippen molar-refractivity contribution in [1.29, 1.82) is 0 Å². The largest absolute Gasteiger partial charge is 0.383 e. The van der Waals surface area contributed by atoms with Crippen LogP contribution in [0.3, 0.4) is 0 Å². The Kier molecular flexibility index (Phi) is 7.67. The molecule has 4 heteroatoms. The summed E-state index contributed by atoms with van der Waals surface area (Å²) in [6.07, 6.45) is 8.64. The topological polar surface area (TPSA) is 39.1 Å². The van der Waals surface area contributed by atoms with E-state index in [0.717, 1.165) is 39.1 Å².